The van der Waals surface area contributed by atoms with Crippen LogP contribution in [0.4, 0.5) is 5.69 Å². The van der Waals surface area contributed by atoms with Gasteiger partial charge in [0.25, 0.3) is 5.69 Å². The summed E-state index contributed by atoms with van der Waals surface area (Å²) in [5, 5.41) is 14.6. The van der Waals surface area contributed by atoms with Crippen LogP contribution in [0.3, 0.4) is 0 Å². The van der Waals surface area contributed by atoms with Crippen LogP contribution in [-0.2, 0) is 12.1 Å². The van der Waals surface area contributed by atoms with Gasteiger partial charge in [-0.25, -0.2) is 0 Å². The number of hydrogen-bond acceptors (Lipinski definition) is 5. The topological polar surface area (TPSA) is 73.6 Å². The standard InChI is InChI=1S/C17H16N2O4/c20-19(21)14-4-2-1-3-12(14)10-18-17(7-8-17)13-5-6-15-16(9-13)23-11-22-15/h1-6,9,18H,7-8,10-11H2. The molecule has 0 radical (unpaired) electrons. The molecule has 118 valence electrons. The predicted octanol–water partition coefficient (Wildman–Crippen LogP) is 3.10. The lowest BCUT2D eigenvalue weighted by Gasteiger charge is -2.18. The van der Waals surface area contributed by atoms with Crippen LogP contribution in [0, 0.1) is 10.1 Å². The number of ether oxygens (including phenoxy) is 2. The molecule has 0 saturated heterocycles. The van der Waals surface area contributed by atoms with E-state index in [2.05, 4.69) is 5.32 Å². The first kappa shape index (κ1) is 14.0. The minimum atomic E-state index is -0.336. The SMILES string of the molecule is O=[N+]([O-])c1ccccc1CNC1(c2ccc3c(c2)OCO3)CC1. The number of fused-ring (bicyclic) bond motifs is 1. The molecule has 1 aliphatic heterocycles. The van der Waals surface area contributed by atoms with E-state index in [0.717, 1.165) is 29.9 Å². The van der Waals surface area contributed by atoms with E-state index in [1.807, 2.05) is 24.3 Å². The van der Waals surface area contributed by atoms with Crippen molar-refractivity contribution in [1.29, 1.82) is 0 Å². The fourth-order valence-corrected chi connectivity index (χ4v) is 2.99. The molecule has 0 spiro atoms. The zero-order valence-corrected chi connectivity index (χ0v) is 12.5. The quantitative estimate of drug-likeness (QED) is 0.678. The Bertz CT molecular complexity index is 771. The molecule has 0 aromatic heterocycles. The number of nitro groups is 1. The molecule has 23 heavy (non-hydrogen) atoms. The van der Waals surface area contributed by atoms with Crippen LogP contribution in [0.5, 0.6) is 11.5 Å². The number of hydrogen-bond donors (Lipinski definition) is 1. The second-order valence-corrected chi connectivity index (χ2v) is 5.89. The second kappa shape index (κ2) is 5.24. The molecule has 4 rings (SSSR count). The number of para-hydroxylation sites is 1. The lowest BCUT2D eigenvalue weighted by molar-refractivity contribution is -0.385. The van der Waals surface area contributed by atoms with Gasteiger partial charge in [0, 0.05) is 23.7 Å². The van der Waals surface area contributed by atoms with Crippen molar-refractivity contribution < 1.29 is 14.4 Å². The maximum absolute atomic E-state index is 11.1. The van der Waals surface area contributed by atoms with Gasteiger partial charge in [-0.15, -0.1) is 0 Å². The molecule has 0 amide bonds. The van der Waals surface area contributed by atoms with Gasteiger partial charge < -0.3 is 14.8 Å². The molecule has 6 nitrogen and oxygen atoms in total. The van der Waals surface area contributed by atoms with Crippen molar-refractivity contribution in [3.8, 4) is 11.5 Å². The van der Waals surface area contributed by atoms with Crippen LogP contribution >= 0.6 is 0 Å². The molecule has 0 bridgehead atoms. The average molecular weight is 312 g/mol. The highest BCUT2D eigenvalue weighted by atomic mass is 16.7. The van der Waals surface area contributed by atoms with E-state index >= 15 is 0 Å². The van der Waals surface area contributed by atoms with Gasteiger partial charge in [-0.3, -0.25) is 10.1 Å². The maximum Gasteiger partial charge on any atom is 0.273 e. The summed E-state index contributed by atoms with van der Waals surface area (Å²) >= 11 is 0. The third-order valence-corrected chi connectivity index (χ3v) is 4.48. The van der Waals surface area contributed by atoms with Gasteiger partial charge in [0.1, 0.15) is 0 Å². The molecule has 0 atom stereocenters. The molecule has 1 fully saturated rings. The minimum Gasteiger partial charge on any atom is -0.454 e. The van der Waals surface area contributed by atoms with Gasteiger partial charge in [-0.2, -0.15) is 0 Å². The Kier molecular flexibility index (Phi) is 3.20. The van der Waals surface area contributed by atoms with Crippen LogP contribution < -0.4 is 14.8 Å². The summed E-state index contributed by atoms with van der Waals surface area (Å²) < 4.78 is 10.8. The zero-order chi connectivity index (χ0) is 15.9. The summed E-state index contributed by atoms with van der Waals surface area (Å²) in [5.74, 6) is 1.53. The monoisotopic (exact) mass is 312 g/mol. The van der Waals surface area contributed by atoms with Crippen molar-refractivity contribution in [3.05, 3.63) is 63.7 Å². The van der Waals surface area contributed by atoms with Crippen molar-refractivity contribution >= 4 is 5.69 Å². The Morgan fingerprint density at radius 1 is 1.13 bits per heavy atom. The molecule has 1 saturated carbocycles. The maximum atomic E-state index is 11.1. The normalized spacial score (nSPS) is 17.0. The number of nitrogens with one attached hydrogen (secondary N) is 1. The van der Waals surface area contributed by atoms with E-state index in [-0.39, 0.29) is 22.9 Å². The highest BCUT2D eigenvalue weighted by Crippen LogP contribution is 2.48. The second-order valence-electron chi connectivity index (χ2n) is 5.89. The lowest BCUT2D eigenvalue weighted by Crippen LogP contribution is -2.28. The first-order valence-electron chi connectivity index (χ1n) is 7.55. The van der Waals surface area contributed by atoms with Crippen molar-refractivity contribution in [3.63, 3.8) is 0 Å². The van der Waals surface area contributed by atoms with E-state index in [1.165, 1.54) is 6.07 Å². The van der Waals surface area contributed by atoms with E-state index in [0.29, 0.717) is 12.1 Å². The molecule has 2 aromatic carbocycles. The Balaban J connectivity index is 1.54. The smallest absolute Gasteiger partial charge is 0.273 e. The molecular weight excluding hydrogens is 296 g/mol. The zero-order valence-electron chi connectivity index (χ0n) is 12.5. The highest BCUT2D eigenvalue weighted by molar-refractivity contribution is 5.48. The van der Waals surface area contributed by atoms with Crippen molar-refractivity contribution in [2.24, 2.45) is 0 Å². The molecule has 2 aliphatic rings. The third kappa shape index (κ3) is 2.51. The molecule has 1 heterocycles. The van der Waals surface area contributed by atoms with Gasteiger partial charge in [0.15, 0.2) is 11.5 Å². The van der Waals surface area contributed by atoms with Crippen LogP contribution in [0.1, 0.15) is 24.0 Å². The van der Waals surface area contributed by atoms with E-state index < -0.39 is 0 Å². The summed E-state index contributed by atoms with van der Waals surface area (Å²) in [5.41, 5.74) is 1.87. The van der Waals surface area contributed by atoms with Gasteiger partial charge >= 0.3 is 0 Å². The Morgan fingerprint density at radius 2 is 1.91 bits per heavy atom. The predicted molar refractivity (Wildman–Crippen MR) is 83.4 cm³/mol. The minimum absolute atomic E-state index is 0.120. The summed E-state index contributed by atoms with van der Waals surface area (Å²) in [6.07, 6.45) is 2.01. The number of rotatable bonds is 5. The summed E-state index contributed by atoms with van der Waals surface area (Å²) in [7, 11) is 0. The van der Waals surface area contributed by atoms with Gasteiger partial charge in [0.05, 0.1) is 4.92 Å². The molecular formula is C17H16N2O4. The highest BCUT2D eigenvalue weighted by Gasteiger charge is 2.44. The summed E-state index contributed by atoms with van der Waals surface area (Å²) in [6, 6.07) is 12.8. The summed E-state index contributed by atoms with van der Waals surface area (Å²) in [6.45, 7) is 0.723. The van der Waals surface area contributed by atoms with Gasteiger partial charge in [0.2, 0.25) is 6.79 Å². The van der Waals surface area contributed by atoms with Crippen LogP contribution in [0.25, 0.3) is 0 Å². The summed E-state index contributed by atoms with van der Waals surface area (Å²) in [4.78, 5) is 10.8. The van der Waals surface area contributed by atoms with Crippen molar-refractivity contribution in [1.82, 2.24) is 5.32 Å². The fourth-order valence-electron chi connectivity index (χ4n) is 2.99. The lowest BCUT2D eigenvalue weighted by atomic mass is 10.0. The Morgan fingerprint density at radius 3 is 2.70 bits per heavy atom. The number of nitro benzene ring substituents is 1. The largest absolute Gasteiger partial charge is 0.454 e. The van der Waals surface area contributed by atoms with Crippen LogP contribution in [-0.4, -0.2) is 11.7 Å². The molecule has 2 aromatic rings. The van der Waals surface area contributed by atoms with Crippen LogP contribution in [0.2, 0.25) is 0 Å². The van der Waals surface area contributed by atoms with Gasteiger partial charge in [-0.1, -0.05) is 24.3 Å². The Labute approximate surface area is 133 Å². The first-order valence-corrected chi connectivity index (χ1v) is 7.55. The Hall–Kier alpha value is -2.60. The third-order valence-electron chi connectivity index (χ3n) is 4.48. The van der Waals surface area contributed by atoms with Gasteiger partial charge in [-0.05, 0) is 30.5 Å². The van der Waals surface area contributed by atoms with Crippen molar-refractivity contribution in [2.75, 3.05) is 6.79 Å². The molecule has 6 heteroatoms. The average Bonchev–Trinajstić information content (AvgIpc) is 3.21. The molecule has 0 unspecified atom stereocenters. The number of nitrogens with zero attached hydrogens (tertiary/aromatic N) is 1. The van der Waals surface area contributed by atoms with E-state index in [9.17, 15) is 10.1 Å². The first-order chi connectivity index (χ1) is 11.2. The number of benzene rings is 2. The van der Waals surface area contributed by atoms with Crippen molar-refractivity contribution in [2.45, 2.75) is 24.9 Å². The van der Waals surface area contributed by atoms with E-state index in [4.69, 9.17) is 9.47 Å². The fraction of sp³-hybridized carbons (Fsp3) is 0.294. The molecule has 1 N–H and O–H groups in total. The van der Waals surface area contributed by atoms with Crippen LogP contribution in [0.15, 0.2) is 42.5 Å². The van der Waals surface area contributed by atoms with E-state index in [1.54, 1.807) is 12.1 Å². The molecule has 1 aliphatic carbocycles.